The Morgan fingerprint density at radius 1 is 1.22 bits per heavy atom. The lowest BCUT2D eigenvalue weighted by atomic mass is 10.1. The molecule has 2 heterocycles. The summed E-state index contributed by atoms with van der Waals surface area (Å²) in [4.78, 5) is 41.3. The summed E-state index contributed by atoms with van der Waals surface area (Å²) in [6, 6.07) is 11.3. The quantitative estimate of drug-likeness (QED) is 0.532. The molecule has 2 aromatic carbocycles. The molecule has 4 rings (SSSR count). The third-order valence-corrected chi connectivity index (χ3v) is 5.94. The van der Waals surface area contributed by atoms with Gasteiger partial charge >= 0.3 is 0 Å². The normalized spacial score (nSPS) is 15.1. The Labute approximate surface area is 187 Å². The predicted octanol–water partition coefficient (Wildman–Crippen LogP) is 3.71. The number of hydrogen-bond donors (Lipinski definition) is 2. The third-order valence-electron chi connectivity index (χ3n) is 5.03. The Balaban J connectivity index is 1.32. The molecule has 3 aromatic rings. The molecular formula is C23H20FN3O4S. The topological polar surface area (TPSA) is 91.5 Å². The second-order valence-electron chi connectivity index (χ2n) is 7.14. The first-order valence-electron chi connectivity index (χ1n) is 9.86. The summed E-state index contributed by atoms with van der Waals surface area (Å²) in [6.45, 7) is 0.00988. The van der Waals surface area contributed by atoms with Crippen molar-refractivity contribution in [1.82, 2.24) is 15.2 Å². The first-order valence-corrected chi connectivity index (χ1v) is 10.7. The van der Waals surface area contributed by atoms with Gasteiger partial charge in [0.25, 0.3) is 11.1 Å². The molecule has 0 radical (unpaired) electrons. The number of thioether (sulfide) groups is 1. The third kappa shape index (κ3) is 4.67. The minimum absolute atomic E-state index is 0.198. The highest BCUT2D eigenvalue weighted by atomic mass is 32.2. The number of halogens is 1. The maximum Gasteiger partial charge on any atom is 0.294 e. The van der Waals surface area contributed by atoms with E-state index < -0.39 is 17.1 Å². The average Bonchev–Trinajstić information content (AvgIpc) is 3.30. The number of rotatable bonds is 7. The molecule has 3 amide bonds. The van der Waals surface area contributed by atoms with Crippen LogP contribution in [0.3, 0.4) is 0 Å². The molecule has 32 heavy (non-hydrogen) atoms. The SMILES string of the molecule is COc1ccc2c(CCNC(=O)CN3C(=O)S/C(=C\c4ccc(F)cc4)C3=O)c[nH]c2c1. The van der Waals surface area contributed by atoms with Crippen LogP contribution in [0.2, 0.25) is 0 Å². The van der Waals surface area contributed by atoms with E-state index in [9.17, 15) is 18.8 Å². The number of ether oxygens (including phenoxy) is 1. The van der Waals surface area contributed by atoms with Crippen LogP contribution in [0.15, 0.2) is 53.6 Å². The fourth-order valence-electron chi connectivity index (χ4n) is 3.38. The monoisotopic (exact) mass is 453 g/mol. The predicted molar refractivity (Wildman–Crippen MR) is 121 cm³/mol. The van der Waals surface area contributed by atoms with Gasteiger partial charge in [0.1, 0.15) is 18.1 Å². The number of H-pyrrole nitrogens is 1. The lowest BCUT2D eigenvalue weighted by Crippen LogP contribution is -2.40. The molecule has 164 valence electrons. The minimum Gasteiger partial charge on any atom is -0.497 e. The first-order chi connectivity index (χ1) is 15.4. The summed E-state index contributed by atoms with van der Waals surface area (Å²) >= 11 is 0.759. The Bertz CT molecular complexity index is 1220. The number of imide groups is 1. The molecule has 0 unspecified atom stereocenters. The number of methoxy groups -OCH3 is 1. The minimum atomic E-state index is -0.537. The number of carbonyl (C=O) groups excluding carboxylic acids is 3. The number of amides is 3. The number of aromatic nitrogens is 1. The van der Waals surface area contributed by atoms with Gasteiger partial charge in [0.2, 0.25) is 5.91 Å². The molecule has 1 fully saturated rings. The number of fused-ring (bicyclic) bond motifs is 1. The van der Waals surface area contributed by atoms with Crippen molar-refractivity contribution in [2.45, 2.75) is 6.42 Å². The molecular weight excluding hydrogens is 433 g/mol. The summed E-state index contributed by atoms with van der Waals surface area (Å²) in [5, 5.41) is 3.28. The van der Waals surface area contributed by atoms with E-state index in [0.717, 1.165) is 38.9 Å². The Kier molecular flexibility index (Phi) is 6.27. The van der Waals surface area contributed by atoms with Crippen LogP contribution in [0.1, 0.15) is 11.1 Å². The highest BCUT2D eigenvalue weighted by Crippen LogP contribution is 2.32. The van der Waals surface area contributed by atoms with Gasteiger partial charge in [0.15, 0.2) is 0 Å². The van der Waals surface area contributed by atoms with Crippen LogP contribution >= 0.6 is 11.8 Å². The standard InChI is InChI=1S/C23H20FN3O4S/c1-31-17-6-7-18-15(12-26-19(18)11-17)8-9-25-21(28)13-27-22(29)20(32-23(27)30)10-14-2-4-16(24)5-3-14/h2-7,10-12,26H,8-9,13H2,1H3,(H,25,28)/b20-10-. The van der Waals surface area contributed by atoms with E-state index >= 15 is 0 Å². The van der Waals surface area contributed by atoms with E-state index in [1.807, 2.05) is 24.4 Å². The van der Waals surface area contributed by atoms with Crippen molar-refractivity contribution in [2.24, 2.45) is 0 Å². The van der Waals surface area contributed by atoms with Crippen molar-refractivity contribution in [3.05, 3.63) is 70.5 Å². The van der Waals surface area contributed by atoms with Crippen molar-refractivity contribution in [3.8, 4) is 5.75 Å². The van der Waals surface area contributed by atoms with Crippen LogP contribution in [-0.4, -0.2) is 47.1 Å². The molecule has 0 spiro atoms. The van der Waals surface area contributed by atoms with Crippen LogP contribution in [-0.2, 0) is 16.0 Å². The van der Waals surface area contributed by atoms with Crippen molar-refractivity contribution < 1.29 is 23.5 Å². The van der Waals surface area contributed by atoms with Gasteiger partial charge in [-0.1, -0.05) is 12.1 Å². The van der Waals surface area contributed by atoms with Crippen molar-refractivity contribution in [3.63, 3.8) is 0 Å². The number of aromatic amines is 1. The summed E-state index contributed by atoms with van der Waals surface area (Å²) in [7, 11) is 1.61. The second-order valence-corrected chi connectivity index (χ2v) is 8.14. The molecule has 2 N–H and O–H groups in total. The van der Waals surface area contributed by atoms with E-state index in [0.29, 0.717) is 18.5 Å². The maximum atomic E-state index is 13.0. The van der Waals surface area contributed by atoms with E-state index in [1.165, 1.54) is 30.3 Å². The first kappa shape index (κ1) is 21.6. The molecule has 0 aliphatic carbocycles. The number of carbonyl (C=O) groups is 3. The zero-order chi connectivity index (χ0) is 22.7. The molecule has 1 aliphatic rings. The Hall–Kier alpha value is -3.59. The van der Waals surface area contributed by atoms with Crippen LogP contribution in [0, 0.1) is 5.82 Å². The van der Waals surface area contributed by atoms with Gasteiger partial charge in [-0.25, -0.2) is 4.39 Å². The summed E-state index contributed by atoms with van der Waals surface area (Å²) in [5.41, 5.74) is 2.57. The van der Waals surface area contributed by atoms with Gasteiger partial charge in [0.05, 0.1) is 12.0 Å². The van der Waals surface area contributed by atoms with E-state index in [4.69, 9.17) is 4.74 Å². The number of nitrogens with zero attached hydrogens (tertiary/aromatic N) is 1. The Morgan fingerprint density at radius 3 is 2.75 bits per heavy atom. The van der Waals surface area contributed by atoms with Crippen LogP contribution < -0.4 is 10.1 Å². The molecule has 1 saturated heterocycles. The summed E-state index contributed by atoms with van der Waals surface area (Å²) in [6.07, 6.45) is 3.98. The fraction of sp³-hybridized carbons (Fsp3) is 0.174. The lowest BCUT2D eigenvalue weighted by molar-refractivity contribution is -0.129. The molecule has 1 aromatic heterocycles. The van der Waals surface area contributed by atoms with Gasteiger partial charge in [-0.05, 0) is 59.7 Å². The molecule has 9 heteroatoms. The van der Waals surface area contributed by atoms with Gasteiger partial charge < -0.3 is 15.0 Å². The largest absolute Gasteiger partial charge is 0.497 e. The number of benzene rings is 2. The number of hydrogen-bond acceptors (Lipinski definition) is 5. The van der Waals surface area contributed by atoms with Crippen LogP contribution in [0.25, 0.3) is 17.0 Å². The number of nitrogens with one attached hydrogen (secondary N) is 2. The van der Waals surface area contributed by atoms with E-state index in [1.54, 1.807) is 7.11 Å². The zero-order valence-electron chi connectivity index (χ0n) is 17.2. The fourth-order valence-corrected chi connectivity index (χ4v) is 4.22. The molecule has 1 aliphatic heterocycles. The summed E-state index contributed by atoms with van der Waals surface area (Å²) in [5.74, 6) is -0.592. The maximum absolute atomic E-state index is 13.0. The average molecular weight is 453 g/mol. The van der Waals surface area contributed by atoms with Gasteiger partial charge in [0, 0.05) is 29.7 Å². The van der Waals surface area contributed by atoms with Crippen LogP contribution in [0.5, 0.6) is 5.75 Å². The van der Waals surface area contributed by atoms with Gasteiger partial charge in [-0.2, -0.15) is 0 Å². The zero-order valence-corrected chi connectivity index (χ0v) is 18.0. The molecule has 0 atom stereocenters. The molecule has 7 nitrogen and oxygen atoms in total. The van der Waals surface area contributed by atoms with E-state index in [-0.39, 0.29) is 17.3 Å². The second kappa shape index (κ2) is 9.27. The highest BCUT2D eigenvalue weighted by Gasteiger charge is 2.36. The summed E-state index contributed by atoms with van der Waals surface area (Å²) < 4.78 is 18.3. The smallest absolute Gasteiger partial charge is 0.294 e. The van der Waals surface area contributed by atoms with Crippen LogP contribution in [0.4, 0.5) is 9.18 Å². The molecule has 0 bridgehead atoms. The Morgan fingerprint density at radius 2 is 2.00 bits per heavy atom. The van der Waals surface area contributed by atoms with Crippen molar-refractivity contribution in [1.29, 1.82) is 0 Å². The highest BCUT2D eigenvalue weighted by molar-refractivity contribution is 8.18. The van der Waals surface area contributed by atoms with Crippen molar-refractivity contribution >= 4 is 45.8 Å². The van der Waals surface area contributed by atoms with Crippen molar-refractivity contribution in [2.75, 3.05) is 20.2 Å². The van der Waals surface area contributed by atoms with E-state index in [2.05, 4.69) is 10.3 Å². The van der Waals surface area contributed by atoms with Gasteiger partial charge in [-0.15, -0.1) is 0 Å². The molecule has 0 saturated carbocycles. The lowest BCUT2D eigenvalue weighted by Gasteiger charge is -2.12. The van der Waals surface area contributed by atoms with Gasteiger partial charge in [-0.3, -0.25) is 19.3 Å².